The lowest BCUT2D eigenvalue weighted by Crippen LogP contribution is -2.32. The highest BCUT2D eigenvalue weighted by molar-refractivity contribution is 6.07. The summed E-state index contributed by atoms with van der Waals surface area (Å²) in [6, 6.07) is 6.90. The highest BCUT2D eigenvalue weighted by atomic mass is 16.5. The number of benzene rings is 1. The Kier molecular flexibility index (Phi) is 5.81. The molecule has 1 amide bonds. The predicted octanol–water partition coefficient (Wildman–Crippen LogP) is 2.44. The van der Waals surface area contributed by atoms with Gasteiger partial charge in [0.15, 0.2) is 0 Å². The lowest BCUT2D eigenvalue weighted by atomic mass is 10.1. The minimum atomic E-state index is -0.522. The first-order valence-corrected chi connectivity index (χ1v) is 6.72. The van der Waals surface area contributed by atoms with Gasteiger partial charge in [-0.05, 0) is 32.9 Å². The van der Waals surface area contributed by atoms with Crippen LogP contribution in [-0.4, -0.2) is 25.7 Å². The molecule has 0 heterocycles. The Hall–Kier alpha value is -2.68. The Balaban J connectivity index is 2.98. The first-order chi connectivity index (χ1) is 10.3. The van der Waals surface area contributed by atoms with Gasteiger partial charge in [-0.2, -0.15) is 5.26 Å². The standard InChI is InChI=1S/C16H21N3O3/c1-16(2,3)18-10-11(9-17)15(20)19-13-8-12(21-4)6-7-14(13)22-5/h6-8,10,18H,1-5H3,(H,19,20)/b11-10-. The molecule has 0 radical (unpaired) electrons. The van der Waals surface area contributed by atoms with Crippen molar-refractivity contribution in [1.82, 2.24) is 5.32 Å². The molecule has 0 saturated carbocycles. The average molecular weight is 303 g/mol. The van der Waals surface area contributed by atoms with Gasteiger partial charge in [0.2, 0.25) is 0 Å². The van der Waals surface area contributed by atoms with Crippen LogP contribution in [0, 0.1) is 11.3 Å². The normalized spacial score (nSPS) is 11.4. The number of hydrogen-bond acceptors (Lipinski definition) is 5. The minimum absolute atomic E-state index is 0.0280. The number of ether oxygens (including phenoxy) is 2. The molecule has 6 nitrogen and oxygen atoms in total. The number of hydrogen-bond donors (Lipinski definition) is 2. The Bertz CT molecular complexity index is 610. The van der Waals surface area contributed by atoms with E-state index in [9.17, 15) is 4.79 Å². The van der Waals surface area contributed by atoms with Crippen LogP contribution in [0.3, 0.4) is 0 Å². The zero-order chi connectivity index (χ0) is 16.8. The van der Waals surface area contributed by atoms with Crippen molar-refractivity contribution in [3.05, 3.63) is 30.0 Å². The van der Waals surface area contributed by atoms with E-state index >= 15 is 0 Å². The van der Waals surface area contributed by atoms with Crippen LogP contribution in [-0.2, 0) is 4.79 Å². The number of amides is 1. The number of anilines is 1. The zero-order valence-electron chi connectivity index (χ0n) is 13.5. The lowest BCUT2D eigenvalue weighted by molar-refractivity contribution is -0.112. The van der Waals surface area contributed by atoms with Crippen LogP contribution in [0.4, 0.5) is 5.69 Å². The van der Waals surface area contributed by atoms with Crippen molar-refractivity contribution < 1.29 is 14.3 Å². The van der Waals surface area contributed by atoms with Gasteiger partial charge in [-0.15, -0.1) is 0 Å². The lowest BCUT2D eigenvalue weighted by Gasteiger charge is -2.19. The summed E-state index contributed by atoms with van der Waals surface area (Å²) in [7, 11) is 3.03. The fourth-order valence-electron chi connectivity index (χ4n) is 1.54. The summed E-state index contributed by atoms with van der Waals surface area (Å²) in [5, 5.41) is 14.8. The van der Waals surface area contributed by atoms with Crippen LogP contribution in [0.2, 0.25) is 0 Å². The molecule has 0 aliphatic heterocycles. The maximum absolute atomic E-state index is 12.2. The highest BCUT2D eigenvalue weighted by Gasteiger charge is 2.14. The van der Waals surface area contributed by atoms with Crippen LogP contribution < -0.4 is 20.1 Å². The molecule has 1 rings (SSSR count). The topological polar surface area (TPSA) is 83.4 Å². The molecule has 1 aromatic carbocycles. The van der Waals surface area contributed by atoms with E-state index in [1.807, 2.05) is 26.8 Å². The molecule has 6 heteroatoms. The van der Waals surface area contributed by atoms with Crippen LogP contribution in [0.1, 0.15) is 20.8 Å². The third-order valence-electron chi connectivity index (χ3n) is 2.67. The van der Waals surface area contributed by atoms with Gasteiger partial charge in [0.25, 0.3) is 5.91 Å². The summed E-state index contributed by atoms with van der Waals surface area (Å²) in [6.07, 6.45) is 1.40. The molecule has 2 N–H and O–H groups in total. The second-order valence-corrected chi connectivity index (χ2v) is 5.58. The van der Waals surface area contributed by atoms with Crippen molar-refractivity contribution in [3.8, 4) is 17.6 Å². The Labute approximate surface area is 130 Å². The maximum Gasteiger partial charge on any atom is 0.267 e. The van der Waals surface area contributed by atoms with Gasteiger partial charge in [0, 0.05) is 17.8 Å². The maximum atomic E-state index is 12.2. The molecule has 1 aromatic rings. The summed E-state index contributed by atoms with van der Waals surface area (Å²) < 4.78 is 10.3. The molecule has 118 valence electrons. The molecule has 0 saturated heterocycles. The van der Waals surface area contributed by atoms with Gasteiger partial charge in [-0.1, -0.05) is 0 Å². The predicted molar refractivity (Wildman–Crippen MR) is 84.8 cm³/mol. The van der Waals surface area contributed by atoms with Gasteiger partial charge in [-0.3, -0.25) is 4.79 Å². The third-order valence-corrected chi connectivity index (χ3v) is 2.67. The number of rotatable bonds is 5. The fourth-order valence-corrected chi connectivity index (χ4v) is 1.54. The van der Waals surface area contributed by atoms with Crippen LogP contribution >= 0.6 is 0 Å². The van der Waals surface area contributed by atoms with Crippen molar-refractivity contribution >= 4 is 11.6 Å². The molecule has 0 unspecified atom stereocenters. The van der Waals surface area contributed by atoms with E-state index in [2.05, 4.69) is 10.6 Å². The van der Waals surface area contributed by atoms with Gasteiger partial charge in [0.1, 0.15) is 23.1 Å². The molecule has 0 fully saturated rings. The van der Waals surface area contributed by atoms with Crippen LogP contribution in [0.15, 0.2) is 30.0 Å². The van der Waals surface area contributed by atoms with Crippen molar-refractivity contribution in [3.63, 3.8) is 0 Å². The molecule has 0 aromatic heterocycles. The summed E-state index contributed by atoms with van der Waals surface area (Å²) >= 11 is 0. The molecule has 22 heavy (non-hydrogen) atoms. The van der Waals surface area contributed by atoms with Crippen LogP contribution in [0.5, 0.6) is 11.5 Å². The first-order valence-electron chi connectivity index (χ1n) is 6.72. The van der Waals surface area contributed by atoms with E-state index in [0.29, 0.717) is 17.2 Å². The van der Waals surface area contributed by atoms with Gasteiger partial charge >= 0.3 is 0 Å². The van der Waals surface area contributed by atoms with Gasteiger partial charge < -0.3 is 20.1 Å². The van der Waals surface area contributed by atoms with Crippen molar-refractivity contribution in [2.45, 2.75) is 26.3 Å². The highest BCUT2D eigenvalue weighted by Crippen LogP contribution is 2.29. The summed E-state index contributed by atoms with van der Waals surface area (Å²) in [5.74, 6) is 0.535. The Morgan fingerprint density at radius 3 is 2.45 bits per heavy atom. The number of methoxy groups -OCH3 is 2. The molecule has 0 bridgehead atoms. The smallest absolute Gasteiger partial charge is 0.267 e. The van der Waals surface area contributed by atoms with E-state index in [1.165, 1.54) is 20.4 Å². The van der Waals surface area contributed by atoms with Crippen LogP contribution in [0.25, 0.3) is 0 Å². The fraction of sp³-hybridized carbons (Fsp3) is 0.375. The monoisotopic (exact) mass is 303 g/mol. The molecular formula is C16H21N3O3. The largest absolute Gasteiger partial charge is 0.497 e. The molecule has 0 spiro atoms. The zero-order valence-corrected chi connectivity index (χ0v) is 13.5. The van der Waals surface area contributed by atoms with Gasteiger partial charge in [0.05, 0.1) is 19.9 Å². The second-order valence-electron chi connectivity index (χ2n) is 5.58. The molecule has 0 aliphatic rings. The van der Waals surface area contributed by atoms with Crippen molar-refractivity contribution in [2.75, 3.05) is 19.5 Å². The van der Waals surface area contributed by atoms with E-state index in [0.717, 1.165) is 0 Å². The molecule has 0 aliphatic carbocycles. The van der Waals surface area contributed by atoms with Crippen molar-refractivity contribution in [2.24, 2.45) is 0 Å². The summed E-state index contributed by atoms with van der Waals surface area (Å²) in [6.45, 7) is 5.80. The average Bonchev–Trinajstić information content (AvgIpc) is 2.46. The summed E-state index contributed by atoms with van der Waals surface area (Å²) in [4.78, 5) is 12.2. The third kappa shape index (κ3) is 5.02. The quantitative estimate of drug-likeness (QED) is 0.645. The number of carbonyl (C=O) groups excluding carboxylic acids is 1. The minimum Gasteiger partial charge on any atom is -0.497 e. The van der Waals surface area contributed by atoms with Crippen molar-refractivity contribution in [1.29, 1.82) is 5.26 Å². The SMILES string of the molecule is COc1ccc(OC)c(NC(=O)/C(C#N)=C\NC(C)(C)C)c1. The number of carbonyl (C=O) groups is 1. The molecular weight excluding hydrogens is 282 g/mol. The van der Waals surface area contributed by atoms with E-state index in [4.69, 9.17) is 14.7 Å². The van der Waals surface area contributed by atoms with Gasteiger partial charge in [-0.25, -0.2) is 0 Å². The van der Waals surface area contributed by atoms with E-state index < -0.39 is 5.91 Å². The number of nitrogens with zero attached hydrogens (tertiary/aromatic N) is 1. The number of nitriles is 1. The van der Waals surface area contributed by atoms with E-state index in [1.54, 1.807) is 18.2 Å². The Morgan fingerprint density at radius 2 is 1.95 bits per heavy atom. The Morgan fingerprint density at radius 1 is 1.27 bits per heavy atom. The summed E-state index contributed by atoms with van der Waals surface area (Å²) in [5.41, 5.74) is 0.166. The second kappa shape index (κ2) is 7.36. The number of nitrogens with one attached hydrogen (secondary N) is 2. The van der Waals surface area contributed by atoms with E-state index in [-0.39, 0.29) is 11.1 Å². The molecule has 0 atom stereocenters. The first kappa shape index (κ1) is 17.4.